The molecule has 0 heterocycles. The van der Waals surface area contributed by atoms with Crippen molar-refractivity contribution in [2.24, 2.45) is 17.8 Å². The van der Waals surface area contributed by atoms with Gasteiger partial charge in [-0.2, -0.15) is 0 Å². The van der Waals surface area contributed by atoms with E-state index in [2.05, 4.69) is 6.92 Å². The molecule has 0 N–H and O–H groups in total. The Bertz CT molecular complexity index is 611. The lowest BCUT2D eigenvalue weighted by atomic mass is 9.68. The van der Waals surface area contributed by atoms with Crippen molar-refractivity contribution < 1.29 is 13.9 Å². The van der Waals surface area contributed by atoms with Gasteiger partial charge < -0.3 is 4.74 Å². The van der Waals surface area contributed by atoms with Crippen molar-refractivity contribution in [3.63, 3.8) is 0 Å². The highest BCUT2D eigenvalue weighted by Crippen LogP contribution is 2.45. The molecule has 2 nitrogen and oxygen atoms in total. The fourth-order valence-electron chi connectivity index (χ4n) is 5.56. The van der Waals surface area contributed by atoms with Crippen LogP contribution in [0.1, 0.15) is 99.9 Å². The number of carbonyl (C=O) groups is 1. The minimum Gasteiger partial charge on any atom is -0.493 e. The standard InChI is InChI=1S/C24H35FO2/c1-3-5-17-6-8-18(9-7-17)19-10-12-20(13-11-19)21-14-15-23(27-4-2)22(16-26)24(21)25/h14-20H,3-13H2,1-2H3. The Morgan fingerprint density at radius 3 is 2.19 bits per heavy atom. The van der Waals surface area contributed by atoms with E-state index in [4.69, 9.17) is 4.74 Å². The maximum absolute atomic E-state index is 14.9. The van der Waals surface area contributed by atoms with Crippen LogP contribution in [0.2, 0.25) is 0 Å². The number of benzene rings is 1. The molecular weight excluding hydrogens is 339 g/mol. The molecule has 2 saturated carbocycles. The molecule has 0 atom stereocenters. The van der Waals surface area contributed by atoms with E-state index in [1.807, 2.05) is 13.0 Å². The average molecular weight is 375 g/mol. The summed E-state index contributed by atoms with van der Waals surface area (Å²) in [5.74, 6) is 2.91. The number of halogens is 1. The third kappa shape index (κ3) is 4.73. The zero-order valence-corrected chi connectivity index (χ0v) is 17.0. The van der Waals surface area contributed by atoms with E-state index in [1.165, 1.54) is 51.4 Å². The number of hydrogen-bond acceptors (Lipinski definition) is 2. The second-order valence-electron chi connectivity index (χ2n) is 8.61. The molecule has 0 radical (unpaired) electrons. The quantitative estimate of drug-likeness (QED) is 0.484. The molecule has 27 heavy (non-hydrogen) atoms. The van der Waals surface area contributed by atoms with Crippen LogP contribution in [-0.2, 0) is 0 Å². The predicted octanol–water partition coefficient (Wildman–Crippen LogP) is 6.92. The molecule has 0 spiro atoms. The fourth-order valence-corrected chi connectivity index (χ4v) is 5.56. The van der Waals surface area contributed by atoms with Gasteiger partial charge in [0.15, 0.2) is 6.29 Å². The van der Waals surface area contributed by atoms with E-state index >= 15 is 0 Å². The molecule has 1 aromatic carbocycles. The van der Waals surface area contributed by atoms with E-state index in [0.717, 1.165) is 30.6 Å². The second-order valence-corrected chi connectivity index (χ2v) is 8.61. The van der Waals surface area contributed by atoms with E-state index in [0.29, 0.717) is 24.2 Å². The molecule has 2 fully saturated rings. The van der Waals surface area contributed by atoms with Gasteiger partial charge in [0.25, 0.3) is 0 Å². The molecule has 3 rings (SSSR count). The van der Waals surface area contributed by atoms with E-state index in [9.17, 15) is 9.18 Å². The SMILES string of the molecule is CCCC1CCC(C2CCC(c3ccc(OCC)c(C=O)c3F)CC2)CC1. The third-order valence-corrected chi connectivity index (χ3v) is 7.05. The van der Waals surface area contributed by atoms with Crippen LogP contribution in [-0.4, -0.2) is 12.9 Å². The maximum Gasteiger partial charge on any atom is 0.156 e. The summed E-state index contributed by atoms with van der Waals surface area (Å²) in [5, 5.41) is 0. The summed E-state index contributed by atoms with van der Waals surface area (Å²) in [6.07, 6.45) is 13.4. The number of ether oxygens (including phenoxy) is 1. The van der Waals surface area contributed by atoms with Gasteiger partial charge in [0.05, 0.1) is 12.2 Å². The Kier molecular flexibility index (Phi) is 7.32. The molecule has 150 valence electrons. The highest BCUT2D eigenvalue weighted by atomic mass is 19.1. The van der Waals surface area contributed by atoms with Crippen molar-refractivity contribution in [1.29, 1.82) is 0 Å². The summed E-state index contributed by atoms with van der Waals surface area (Å²) in [7, 11) is 0. The molecule has 1 aromatic rings. The van der Waals surface area contributed by atoms with Gasteiger partial charge in [0.2, 0.25) is 0 Å². The van der Waals surface area contributed by atoms with Gasteiger partial charge in [-0.15, -0.1) is 0 Å². The lowest BCUT2D eigenvalue weighted by Gasteiger charge is -2.38. The van der Waals surface area contributed by atoms with Crippen molar-refractivity contribution in [2.75, 3.05) is 6.61 Å². The zero-order chi connectivity index (χ0) is 19.2. The van der Waals surface area contributed by atoms with Gasteiger partial charge in [-0.25, -0.2) is 4.39 Å². The first-order chi connectivity index (χ1) is 13.2. The fraction of sp³-hybridized carbons (Fsp3) is 0.708. The molecule has 2 aliphatic rings. The van der Waals surface area contributed by atoms with Crippen molar-refractivity contribution in [3.8, 4) is 5.75 Å². The Morgan fingerprint density at radius 2 is 1.63 bits per heavy atom. The Morgan fingerprint density at radius 1 is 1.00 bits per heavy atom. The third-order valence-electron chi connectivity index (χ3n) is 7.05. The zero-order valence-electron chi connectivity index (χ0n) is 17.0. The summed E-state index contributed by atoms with van der Waals surface area (Å²) < 4.78 is 20.3. The number of aldehydes is 1. The Hall–Kier alpha value is -1.38. The van der Waals surface area contributed by atoms with E-state index < -0.39 is 0 Å². The van der Waals surface area contributed by atoms with Gasteiger partial charge in [-0.05, 0) is 80.8 Å². The lowest BCUT2D eigenvalue weighted by molar-refractivity contribution is 0.111. The lowest BCUT2D eigenvalue weighted by Crippen LogP contribution is -2.25. The smallest absolute Gasteiger partial charge is 0.156 e. The summed E-state index contributed by atoms with van der Waals surface area (Å²) in [6, 6.07) is 3.61. The van der Waals surface area contributed by atoms with Crippen molar-refractivity contribution >= 4 is 6.29 Å². The van der Waals surface area contributed by atoms with Gasteiger partial charge in [0.1, 0.15) is 11.6 Å². The number of carbonyl (C=O) groups excluding carboxylic acids is 1. The molecule has 0 saturated heterocycles. The van der Waals surface area contributed by atoms with Crippen LogP contribution >= 0.6 is 0 Å². The monoisotopic (exact) mass is 374 g/mol. The molecule has 0 aliphatic heterocycles. The molecule has 0 aromatic heterocycles. The van der Waals surface area contributed by atoms with Crippen LogP contribution in [0.5, 0.6) is 5.75 Å². The largest absolute Gasteiger partial charge is 0.493 e. The highest BCUT2D eigenvalue weighted by molar-refractivity contribution is 5.80. The minimum atomic E-state index is -0.362. The molecule has 0 unspecified atom stereocenters. The van der Waals surface area contributed by atoms with Crippen LogP contribution in [0, 0.1) is 23.6 Å². The van der Waals surface area contributed by atoms with Gasteiger partial charge in [0, 0.05) is 0 Å². The van der Waals surface area contributed by atoms with Crippen molar-refractivity contribution in [1.82, 2.24) is 0 Å². The van der Waals surface area contributed by atoms with Crippen molar-refractivity contribution in [3.05, 3.63) is 29.1 Å². The topological polar surface area (TPSA) is 26.3 Å². The van der Waals surface area contributed by atoms with Crippen LogP contribution in [0.15, 0.2) is 12.1 Å². The molecule has 2 aliphatic carbocycles. The first-order valence-corrected chi connectivity index (χ1v) is 11.1. The van der Waals surface area contributed by atoms with Gasteiger partial charge in [-0.1, -0.05) is 38.7 Å². The summed E-state index contributed by atoms with van der Waals surface area (Å²) >= 11 is 0. The minimum absolute atomic E-state index is 0.0886. The van der Waals surface area contributed by atoms with Crippen molar-refractivity contribution in [2.45, 2.75) is 84.0 Å². The molecule has 0 bridgehead atoms. The molecule has 0 amide bonds. The molecular formula is C24H35FO2. The summed E-state index contributed by atoms with van der Waals surface area (Å²) in [6.45, 7) is 4.58. The van der Waals surface area contributed by atoms with Crippen LogP contribution in [0.4, 0.5) is 4.39 Å². The summed E-state index contributed by atoms with van der Waals surface area (Å²) in [5.41, 5.74) is 0.802. The van der Waals surface area contributed by atoms with Crippen LogP contribution in [0.3, 0.4) is 0 Å². The molecule has 3 heteroatoms. The first-order valence-electron chi connectivity index (χ1n) is 11.1. The first kappa shape index (κ1) is 20.4. The van der Waals surface area contributed by atoms with Gasteiger partial charge >= 0.3 is 0 Å². The second kappa shape index (κ2) is 9.71. The van der Waals surface area contributed by atoms with Gasteiger partial charge in [-0.3, -0.25) is 4.79 Å². The summed E-state index contributed by atoms with van der Waals surface area (Å²) in [4.78, 5) is 11.4. The maximum atomic E-state index is 14.9. The van der Waals surface area contributed by atoms with E-state index in [1.54, 1.807) is 6.07 Å². The number of hydrogen-bond donors (Lipinski definition) is 0. The van der Waals surface area contributed by atoms with Crippen LogP contribution < -0.4 is 4.74 Å². The average Bonchev–Trinajstić information content (AvgIpc) is 2.70. The Balaban J connectivity index is 1.59. The normalized spacial score (nSPS) is 28.7. The van der Waals surface area contributed by atoms with Crippen LogP contribution in [0.25, 0.3) is 0 Å². The Labute approximate surface area is 163 Å². The van der Waals surface area contributed by atoms with E-state index in [-0.39, 0.29) is 17.3 Å². The number of rotatable bonds is 7. The highest BCUT2D eigenvalue weighted by Gasteiger charge is 2.32. The predicted molar refractivity (Wildman–Crippen MR) is 108 cm³/mol.